The van der Waals surface area contributed by atoms with Crippen molar-refractivity contribution in [3.8, 4) is 0 Å². The van der Waals surface area contributed by atoms with Crippen molar-refractivity contribution in [3.05, 3.63) is 12.2 Å². The van der Waals surface area contributed by atoms with E-state index in [4.69, 9.17) is 5.11 Å². The molecule has 0 aromatic rings. The Bertz CT molecular complexity index is 222. The number of rotatable bonds is 9. The van der Waals surface area contributed by atoms with Gasteiger partial charge >= 0.3 is 5.97 Å². The summed E-state index contributed by atoms with van der Waals surface area (Å²) in [4.78, 5) is 10.2. The Labute approximate surface area is 98.9 Å². The quantitative estimate of drug-likeness (QED) is 0.470. The molecule has 0 saturated heterocycles. The number of aliphatic carboxylic acids is 1. The zero-order valence-electron chi connectivity index (χ0n) is 10.8. The highest BCUT2D eigenvalue weighted by atomic mass is 16.4. The van der Waals surface area contributed by atoms with Crippen LogP contribution in [0.5, 0.6) is 0 Å². The molecule has 0 rings (SSSR count). The fourth-order valence-electron chi connectivity index (χ4n) is 1.60. The number of unbranched alkanes of at least 4 members (excludes halogenated alkanes) is 2. The topological polar surface area (TPSA) is 49.3 Å². The average molecular weight is 227 g/mol. The first-order valence-corrected chi connectivity index (χ1v) is 6.08. The second-order valence-electron chi connectivity index (χ2n) is 4.99. The van der Waals surface area contributed by atoms with E-state index in [0.717, 1.165) is 6.54 Å². The largest absolute Gasteiger partial charge is 0.478 e. The van der Waals surface area contributed by atoms with Gasteiger partial charge in [-0.15, -0.1) is 0 Å². The first-order chi connectivity index (χ1) is 7.48. The fourth-order valence-corrected chi connectivity index (χ4v) is 1.60. The van der Waals surface area contributed by atoms with Gasteiger partial charge in [-0.25, -0.2) is 4.79 Å². The summed E-state index contributed by atoms with van der Waals surface area (Å²) in [5, 5.41) is 11.7. The van der Waals surface area contributed by atoms with E-state index < -0.39 is 5.97 Å². The van der Waals surface area contributed by atoms with Crippen molar-refractivity contribution < 1.29 is 9.90 Å². The maximum absolute atomic E-state index is 10.2. The minimum Gasteiger partial charge on any atom is -0.478 e. The summed E-state index contributed by atoms with van der Waals surface area (Å²) in [6.45, 7) is 8.26. The van der Waals surface area contributed by atoms with Crippen molar-refractivity contribution >= 4 is 5.97 Å². The molecule has 0 amide bonds. The minimum atomic E-state index is -0.885. The normalized spacial score (nSPS) is 12.2. The highest BCUT2D eigenvalue weighted by Crippen LogP contribution is 2.22. The van der Waals surface area contributed by atoms with Crippen molar-refractivity contribution in [1.82, 2.24) is 5.32 Å². The number of hydrogen-bond acceptors (Lipinski definition) is 2. The van der Waals surface area contributed by atoms with Crippen molar-refractivity contribution in [2.75, 3.05) is 13.1 Å². The molecule has 0 saturated carbocycles. The number of hydrogen-bond donors (Lipinski definition) is 2. The van der Waals surface area contributed by atoms with Gasteiger partial charge in [0.05, 0.1) is 0 Å². The Hall–Kier alpha value is -0.830. The van der Waals surface area contributed by atoms with Gasteiger partial charge in [0, 0.05) is 19.2 Å². The molecule has 2 N–H and O–H groups in total. The van der Waals surface area contributed by atoms with Gasteiger partial charge in [0.25, 0.3) is 0 Å². The highest BCUT2D eigenvalue weighted by Gasteiger charge is 2.15. The van der Waals surface area contributed by atoms with Gasteiger partial charge in [-0.1, -0.05) is 46.1 Å². The van der Waals surface area contributed by atoms with E-state index in [1.54, 1.807) is 6.08 Å². The summed E-state index contributed by atoms with van der Waals surface area (Å²) in [7, 11) is 0. The predicted molar refractivity (Wildman–Crippen MR) is 67.6 cm³/mol. The van der Waals surface area contributed by atoms with Gasteiger partial charge in [-0.05, 0) is 11.8 Å². The third-order valence-electron chi connectivity index (χ3n) is 2.58. The molecule has 94 valence electrons. The van der Waals surface area contributed by atoms with Crippen molar-refractivity contribution in [3.63, 3.8) is 0 Å². The van der Waals surface area contributed by atoms with E-state index in [-0.39, 0.29) is 0 Å². The number of nitrogens with one attached hydrogen (secondary N) is 1. The standard InChI is InChI=1S/C13H25NO2/c1-4-5-6-9-13(2,3)11-14-10-7-8-12(15)16/h7-8,14H,4-6,9-11H2,1-3H3,(H,15,16)/b8-7+. The van der Waals surface area contributed by atoms with Crippen LogP contribution in [0.15, 0.2) is 12.2 Å². The molecular formula is C13H25NO2. The van der Waals surface area contributed by atoms with Crippen LogP contribution in [-0.2, 0) is 4.79 Å². The fraction of sp³-hybridized carbons (Fsp3) is 0.769. The molecule has 0 spiro atoms. The molecule has 0 aliphatic rings. The van der Waals surface area contributed by atoms with E-state index in [1.165, 1.54) is 31.8 Å². The Morgan fingerprint density at radius 2 is 2.06 bits per heavy atom. The summed E-state index contributed by atoms with van der Waals surface area (Å²) in [5.74, 6) is -0.885. The lowest BCUT2D eigenvalue weighted by molar-refractivity contribution is -0.131. The summed E-state index contributed by atoms with van der Waals surface area (Å²) >= 11 is 0. The maximum Gasteiger partial charge on any atom is 0.328 e. The molecule has 0 aromatic carbocycles. The number of carboxylic acid groups (broad SMARTS) is 1. The Balaban J connectivity index is 3.60. The lowest BCUT2D eigenvalue weighted by Crippen LogP contribution is -2.29. The van der Waals surface area contributed by atoms with E-state index in [1.807, 2.05) is 0 Å². The second kappa shape index (κ2) is 8.34. The number of carbonyl (C=O) groups is 1. The molecule has 0 bridgehead atoms. The zero-order valence-corrected chi connectivity index (χ0v) is 10.8. The molecule has 0 atom stereocenters. The zero-order chi connectivity index (χ0) is 12.4. The first-order valence-electron chi connectivity index (χ1n) is 6.08. The average Bonchev–Trinajstić information content (AvgIpc) is 2.16. The Morgan fingerprint density at radius 1 is 1.38 bits per heavy atom. The Morgan fingerprint density at radius 3 is 2.62 bits per heavy atom. The molecule has 0 aliphatic heterocycles. The van der Waals surface area contributed by atoms with Crippen LogP contribution >= 0.6 is 0 Å². The molecule has 0 unspecified atom stereocenters. The van der Waals surface area contributed by atoms with E-state index in [0.29, 0.717) is 12.0 Å². The highest BCUT2D eigenvalue weighted by molar-refractivity contribution is 5.79. The molecule has 16 heavy (non-hydrogen) atoms. The molecule has 0 radical (unpaired) electrons. The SMILES string of the molecule is CCCCCC(C)(C)CNC/C=C/C(=O)O. The lowest BCUT2D eigenvalue weighted by Gasteiger charge is -2.24. The molecule has 0 aromatic heterocycles. The smallest absolute Gasteiger partial charge is 0.328 e. The first kappa shape index (κ1) is 15.2. The van der Waals surface area contributed by atoms with Gasteiger partial charge in [-0.2, -0.15) is 0 Å². The van der Waals surface area contributed by atoms with Gasteiger partial charge in [0.15, 0.2) is 0 Å². The summed E-state index contributed by atoms with van der Waals surface area (Å²) in [6.07, 6.45) is 7.86. The van der Waals surface area contributed by atoms with E-state index in [2.05, 4.69) is 26.1 Å². The number of carboxylic acids is 1. The van der Waals surface area contributed by atoms with Gasteiger partial charge in [-0.3, -0.25) is 0 Å². The van der Waals surface area contributed by atoms with Crippen LogP contribution in [-0.4, -0.2) is 24.2 Å². The minimum absolute atomic E-state index is 0.298. The molecular weight excluding hydrogens is 202 g/mol. The third kappa shape index (κ3) is 9.71. The molecule has 3 nitrogen and oxygen atoms in total. The lowest BCUT2D eigenvalue weighted by atomic mass is 9.87. The van der Waals surface area contributed by atoms with Crippen molar-refractivity contribution in [2.45, 2.75) is 46.5 Å². The van der Waals surface area contributed by atoms with Gasteiger partial charge in [0.1, 0.15) is 0 Å². The van der Waals surface area contributed by atoms with Gasteiger partial charge in [0.2, 0.25) is 0 Å². The summed E-state index contributed by atoms with van der Waals surface area (Å²) in [6, 6.07) is 0. The summed E-state index contributed by atoms with van der Waals surface area (Å²) < 4.78 is 0. The van der Waals surface area contributed by atoms with Crippen LogP contribution in [0.25, 0.3) is 0 Å². The molecule has 3 heteroatoms. The van der Waals surface area contributed by atoms with Crippen LogP contribution in [0.4, 0.5) is 0 Å². The molecule has 0 aliphatic carbocycles. The van der Waals surface area contributed by atoms with Crippen LogP contribution < -0.4 is 5.32 Å². The second-order valence-corrected chi connectivity index (χ2v) is 4.99. The maximum atomic E-state index is 10.2. The van der Waals surface area contributed by atoms with Crippen LogP contribution in [0.2, 0.25) is 0 Å². The van der Waals surface area contributed by atoms with Crippen molar-refractivity contribution in [1.29, 1.82) is 0 Å². The predicted octanol–water partition coefficient (Wildman–Crippen LogP) is 2.82. The monoisotopic (exact) mass is 227 g/mol. The van der Waals surface area contributed by atoms with E-state index in [9.17, 15) is 4.79 Å². The molecule has 0 heterocycles. The van der Waals surface area contributed by atoms with Crippen molar-refractivity contribution in [2.24, 2.45) is 5.41 Å². The van der Waals surface area contributed by atoms with E-state index >= 15 is 0 Å². The Kier molecular flexibility index (Phi) is 7.90. The third-order valence-corrected chi connectivity index (χ3v) is 2.58. The summed E-state index contributed by atoms with van der Waals surface area (Å²) in [5.41, 5.74) is 0.298. The van der Waals surface area contributed by atoms with Gasteiger partial charge < -0.3 is 10.4 Å². The van der Waals surface area contributed by atoms with Crippen LogP contribution in [0.3, 0.4) is 0 Å². The molecule has 0 fully saturated rings. The van der Waals surface area contributed by atoms with Crippen LogP contribution in [0.1, 0.15) is 46.5 Å². The van der Waals surface area contributed by atoms with Crippen LogP contribution in [0, 0.1) is 5.41 Å².